The van der Waals surface area contributed by atoms with Crippen molar-refractivity contribution in [3.05, 3.63) is 29.8 Å². The van der Waals surface area contributed by atoms with E-state index in [2.05, 4.69) is 10.5 Å². The second-order valence-corrected chi connectivity index (χ2v) is 4.40. The molecule has 1 N–H and O–H groups in total. The summed E-state index contributed by atoms with van der Waals surface area (Å²) in [5.74, 6) is -0.463. The van der Waals surface area contributed by atoms with Crippen molar-refractivity contribution in [3.8, 4) is 6.07 Å². The minimum absolute atomic E-state index is 0.136. The van der Waals surface area contributed by atoms with Crippen LogP contribution in [0.15, 0.2) is 29.4 Å². The Labute approximate surface area is 112 Å². The highest BCUT2D eigenvalue weighted by Gasteiger charge is 2.33. The number of carbonyl (C=O) groups excluding carboxylic acids is 1. The molecule has 0 heterocycles. The number of hydrogen-bond donors (Lipinski definition) is 1. The number of alkyl halides is 3. The molecule has 0 aliphatic heterocycles. The third-order valence-corrected chi connectivity index (χ3v) is 2.80. The number of nitrogens with zero attached hydrogens (tertiary/aromatic N) is 2. The van der Waals surface area contributed by atoms with Crippen LogP contribution in [0.25, 0.3) is 0 Å². The first-order valence-corrected chi connectivity index (χ1v) is 5.87. The van der Waals surface area contributed by atoms with Gasteiger partial charge in [0.05, 0.1) is 11.3 Å². The van der Waals surface area contributed by atoms with Crippen LogP contribution in [0, 0.1) is 17.2 Å². The molecule has 0 bridgehead atoms. The van der Waals surface area contributed by atoms with Gasteiger partial charge in [-0.2, -0.15) is 23.5 Å². The lowest BCUT2D eigenvalue weighted by Crippen LogP contribution is -2.15. The smallest absolute Gasteiger partial charge is 0.291 e. The molecule has 104 valence electrons. The zero-order valence-electron chi connectivity index (χ0n) is 10.2. The quantitative estimate of drug-likeness (QED) is 0.681. The fraction of sp³-hybridized carbons (Fsp3) is 0.308. The molecule has 0 spiro atoms. The molecule has 1 aromatic carbocycles. The van der Waals surface area contributed by atoms with Gasteiger partial charge in [0.15, 0.2) is 5.78 Å². The Hall–Kier alpha value is -2.36. The highest BCUT2D eigenvalue weighted by Crippen LogP contribution is 2.31. The first-order valence-electron chi connectivity index (χ1n) is 5.87. The molecule has 1 aliphatic carbocycles. The summed E-state index contributed by atoms with van der Waals surface area (Å²) in [5.41, 5.74) is 1.65. The zero-order valence-corrected chi connectivity index (χ0v) is 10.2. The monoisotopic (exact) mass is 281 g/mol. The molecule has 1 fully saturated rings. The van der Waals surface area contributed by atoms with E-state index in [1.165, 1.54) is 12.1 Å². The Morgan fingerprint density at radius 3 is 2.35 bits per heavy atom. The summed E-state index contributed by atoms with van der Waals surface area (Å²) >= 11 is 0. The Morgan fingerprint density at radius 2 is 1.90 bits per heavy atom. The molecule has 1 aromatic rings. The van der Waals surface area contributed by atoms with Gasteiger partial charge in [0.25, 0.3) is 0 Å². The average molecular weight is 281 g/mol. The fourth-order valence-corrected chi connectivity index (χ4v) is 1.53. The molecule has 0 atom stereocenters. The second-order valence-electron chi connectivity index (χ2n) is 4.40. The van der Waals surface area contributed by atoms with E-state index >= 15 is 0 Å². The molecule has 0 unspecified atom stereocenters. The molecule has 0 aromatic heterocycles. The third-order valence-electron chi connectivity index (χ3n) is 2.80. The van der Waals surface area contributed by atoms with Crippen molar-refractivity contribution in [1.82, 2.24) is 0 Å². The molecule has 0 amide bonds. The standard InChI is InChI=1S/C13H10F3N3O/c14-13(15,16)9-3-5-10(6-4-9)18-19-11(7-17)12(20)8-1-2-8/h3-6,8,18H,1-2H2/b19-11-. The van der Waals surface area contributed by atoms with Crippen molar-refractivity contribution in [2.75, 3.05) is 5.43 Å². The minimum Gasteiger partial charge on any atom is -0.291 e. The molecule has 0 radical (unpaired) electrons. The SMILES string of the molecule is N#C/C(=N/Nc1ccc(C(F)(F)F)cc1)C(=O)C1CC1. The van der Waals surface area contributed by atoms with Crippen LogP contribution in [-0.4, -0.2) is 11.5 Å². The molecular formula is C13H10F3N3O. The van der Waals surface area contributed by atoms with Gasteiger partial charge in [-0.1, -0.05) is 0 Å². The van der Waals surface area contributed by atoms with Crippen molar-refractivity contribution in [3.63, 3.8) is 0 Å². The average Bonchev–Trinajstić information content (AvgIpc) is 3.23. The lowest BCUT2D eigenvalue weighted by molar-refractivity contribution is -0.137. The van der Waals surface area contributed by atoms with Gasteiger partial charge in [-0.05, 0) is 37.1 Å². The normalized spacial score (nSPS) is 15.6. The van der Waals surface area contributed by atoms with Gasteiger partial charge in [0, 0.05) is 5.92 Å². The summed E-state index contributed by atoms with van der Waals surface area (Å²) in [4.78, 5) is 11.6. The largest absolute Gasteiger partial charge is 0.416 e. The summed E-state index contributed by atoms with van der Waals surface area (Å²) in [6.07, 6.45) is -2.90. The van der Waals surface area contributed by atoms with E-state index in [1.807, 2.05) is 0 Å². The van der Waals surface area contributed by atoms with Crippen LogP contribution < -0.4 is 5.43 Å². The van der Waals surface area contributed by atoms with Crippen LogP contribution in [0.5, 0.6) is 0 Å². The summed E-state index contributed by atoms with van der Waals surface area (Å²) in [6.45, 7) is 0. The number of benzene rings is 1. The number of ketones is 1. The van der Waals surface area contributed by atoms with Gasteiger partial charge in [-0.25, -0.2) is 0 Å². The fourth-order valence-electron chi connectivity index (χ4n) is 1.53. The van der Waals surface area contributed by atoms with Gasteiger partial charge in [-0.15, -0.1) is 0 Å². The van der Waals surface area contributed by atoms with E-state index in [-0.39, 0.29) is 23.1 Å². The Kier molecular flexibility index (Phi) is 3.74. The number of Topliss-reactive ketones (excluding diaryl/α,β-unsaturated/α-hetero) is 1. The van der Waals surface area contributed by atoms with Gasteiger partial charge in [-0.3, -0.25) is 10.2 Å². The molecule has 20 heavy (non-hydrogen) atoms. The lowest BCUT2D eigenvalue weighted by atomic mass is 10.2. The van der Waals surface area contributed by atoms with Crippen molar-refractivity contribution < 1.29 is 18.0 Å². The maximum Gasteiger partial charge on any atom is 0.416 e. The van der Waals surface area contributed by atoms with E-state index in [0.29, 0.717) is 0 Å². The number of rotatable bonds is 4. The topological polar surface area (TPSA) is 65.2 Å². The van der Waals surface area contributed by atoms with Crippen LogP contribution in [0.4, 0.5) is 18.9 Å². The highest BCUT2D eigenvalue weighted by atomic mass is 19.4. The number of hydrogen-bond acceptors (Lipinski definition) is 4. The first kappa shape index (κ1) is 14.1. The van der Waals surface area contributed by atoms with Crippen LogP contribution in [0.3, 0.4) is 0 Å². The predicted octanol–water partition coefficient (Wildman–Crippen LogP) is 2.98. The lowest BCUT2D eigenvalue weighted by Gasteiger charge is -2.07. The molecule has 4 nitrogen and oxygen atoms in total. The number of halogens is 3. The minimum atomic E-state index is -4.40. The Balaban J connectivity index is 2.06. The van der Waals surface area contributed by atoms with Crippen molar-refractivity contribution >= 4 is 17.2 Å². The van der Waals surface area contributed by atoms with Crippen LogP contribution in [-0.2, 0) is 11.0 Å². The summed E-state index contributed by atoms with van der Waals surface area (Å²) < 4.78 is 37.1. The molecule has 0 saturated heterocycles. The predicted molar refractivity (Wildman–Crippen MR) is 65.8 cm³/mol. The van der Waals surface area contributed by atoms with Crippen molar-refractivity contribution in [2.45, 2.75) is 19.0 Å². The highest BCUT2D eigenvalue weighted by molar-refractivity contribution is 6.47. The molecule has 1 saturated carbocycles. The van der Waals surface area contributed by atoms with E-state index in [9.17, 15) is 18.0 Å². The van der Waals surface area contributed by atoms with Gasteiger partial charge >= 0.3 is 6.18 Å². The van der Waals surface area contributed by atoms with Crippen LogP contribution >= 0.6 is 0 Å². The van der Waals surface area contributed by atoms with E-state index in [0.717, 1.165) is 25.0 Å². The Morgan fingerprint density at radius 1 is 1.30 bits per heavy atom. The maximum absolute atomic E-state index is 12.4. The Bertz CT molecular complexity index is 580. The third kappa shape index (κ3) is 3.35. The van der Waals surface area contributed by atoms with E-state index in [4.69, 9.17) is 5.26 Å². The van der Waals surface area contributed by atoms with E-state index < -0.39 is 11.7 Å². The van der Waals surface area contributed by atoms with E-state index in [1.54, 1.807) is 6.07 Å². The summed E-state index contributed by atoms with van der Waals surface area (Å²) in [7, 11) is 0. The first-order chi connectivity index (χ1) is 9.41. The number of nitriles is 1. The number of carbonyl (C=O) groups is 1. The van der Waals surface area contributed by atoms with Crippen LogP contribution in [0.2, 0.25) is 0 Å². The number of anilines is 1. The maximum atomic E-state index is 12.4. The second kappa shape index (κ2) is 5.33. The summed E-state index contributed by atoms with van der Waals surface area (Å²) in [5, 5.41) is 12.5. The van der Waals surface area contributed by atoms with Gasteiger partial charge < -0.3 is 0 Å². The molecule has 1 aliphatic rings. The molecular weight excluding hydrogens is 271 g/mol. The molecule has 2 rings (SSSR count). The van der Waals surface area contributed by atoms with Gasteiger partial charge in [0.2, 0.25) is 5.71 Å². The number of nitrogens with one attached hydrogen (secondary N) is 1. The summed E-state index contributed by atoms with van der Waals surface area (Å²) in [6, 6.07) is 5.84. The zero-order chi connectivity index (χ0) is 14.8. The van der Waals surface area contributed by atoms with Crippen molar-refractivity contribution in [2.24, 2.45) is 11.0 Å². The van der Waals surface area contributed by atoms with Crippen molar-refractivity contribution in [1.29, 1.82) is 5.26 Å². The molecule has 7 heteroatoms. The van der Waals surface area contributed by atoms with Crippen LogP contribution in [0.1, 0.15) is 18.4 Å². The van der Waals surface area contributed by atoms with Gasteiger partial charge in [0.1, 0.15) is 6.07 Å². The number of hydrazone groups is 1.